The third-order valence-electron chi connectivity index (χ3n) is 3.31. The Morgan fingerprint density at radius 1 is 1.18 bits per heavy atom. The minimum Gasteiger partial charge on any atom is -0.497 e. The average molecular weight is 235 g/mol. The second kappa shape index (κ2) is 7.33. The Hall–Kier alpha value is -1.02. The monoisotopic (exact) mass is 235 g/mol. The lowest BCUT2D eigenvalue weighted by atomic mass is 9.87. The predicted octanol–water partition coefficient (Wildman–Crippen LogP) is 3.91. The normalized spacial score (nSPS) is 12.8. The molecule has 0 fully saturated rings. The van der Waals surface area contributed by atoms with Crippen LogP contribution in [0.2, 0.25) is 0 Å². The highest BCUT2D eigenvalue weighted by atomic mass is 16.5. The summed E-state index contributed by atoms with van der Waals surface area (Å²) >= 11 is 0. The molecule has 0 aromatic heterocycles. The zero-order valence-corrected chi connectivity index (χ0v) is 11.3. The van der Waals surface area contributed by atoms with Crippen LogP contribution in [0, 0.1) is 5.92 Å². The van der Waals surface area contributed by atoms with Gasteiger partial charge in [0.1, 0.15) is 5.75 Å². The fourth-order valence-corrected chi connectivity index (χ4v) is 2.37. The minimum atomic E-state index is 0.130. The van der Waals surface area contributed by atoms with Crippen LogP contribution in [-0.4, -0.2) is 7.11 Å². The Balaban J connectivity index is 2.79. The van der Waals surface area contributed by atoms with E-state index in [0.717, 1.165) is 5.75 Å². The molecule has 0 aliphatic heterocycles. The van der Waals surface area contributed by atoms with Gasteiger partial charge >= 0.3 is 0 Å². The lowest BCUT2D eigenvalue weighted by molar-refractivity contribution is 0.366. The van der Waals surface area contributed by atoms with Crippen molar-refractivity contribution in [3.05, 3.63) is 29.8 Å². The molecule has 1 atom stereocenters. The Morgan fingerprint density at radius 3 is 2.35 bits per heavy atom. The molecule has 0 aliphatic carbocycles. The SMILES string of the molecule is CCCC(CCC)C(N)c1cccc(OC)c1. The molecule has 96 valence electrons. The molecule has 1 rings (SSSR count). The maximum atomic E-state index is 6.38. The highest BCUT2D eigenvalue weighted by Gasteiger charge is 2.18. The molecule has 0 amide bonds. The van der Waals surface area contributed by atoms with Crippen molar-refractivity contribution in [3.8, 4) is 5.75 Å². The molecule has 0 saturated carbocycles. The van der Waals surface area contributed by atoms with Gasteiger partial charge in [0.15, 0.2) is 0 Å². The molecule has 0 bridgehead atoms. The minimum absolute atomic E-state index is 0.130. The van der Waals surface area contributed by atoms with Gasteiger partial charge in [-0.15, -0.1) is 0 Å². The van der Waals surface area contributed by atoms with Crippen LogP contribution in [0.1, 0.15) is 51.1 Å². The molecule has 0 saturated heterocycles. The summed E-state index contributed by atoms with van der Waals surface area (Å²) < 4.78 is 5.25. The van der Waals surface area contributed by atoms with Gasteiger partial charge < -0.3 is 10.5 Å². The van der Waals surface area contributed by atoms with Crippen molar-refractivity contribution in [2.24, 2.45) is 11.7 Å². The van der Waals surface area contributed by atoms with Gasteiger partial charge in [-0.1, -0.05) is 38.8 Å². The third-order valence-corrected chi connectivity index (χ3v) is 3.31. The van der Waals surface area contributed by atoms with Crippen molar-refractivity contribution in [2.75, 3.05) is 7.11 Å². The van der Waals surface area contributed by atoms with Crippen LogP contribution in [0.25, 0.3) is 0 Å². The van der Waals surface area contributed by atoms with E-state index in [0.29, 0.717) is 5.92 Å². The summed E-state index contributed by atoms with van der Waals surface area (Å²) in [4.78, 5) is 0. The Labute approximate surface area is 105 Å². The van der Waals surface area contributed by atoms with Crippen LogP contribution < -0.4 is 10.5 Å². The van der Waals surface area contributed by atoms with Gasteiger partial charge in [0.25, 0.3) is 0 Å². The topological polar surface area (TPSA) is 35.2 Å². The van der Waals surface area contributed by atoms with Gasteiger partial charge in [-0.2, -0.15) is 0 Å². The highest BCUT2D eigenvalue weighted by Crippen LogP contribution is 2.29. The first-order chi connectivity index (χ1) is 8.22. The van der Waals surface area contributed by atoms with Gasteiger partial charge in [0.2, 0.25) is 0 Å². The fourth-order valence-electron chi connectivity index (χ4n) is 2.37. The van der Waals surface area contributed by atoms with Crippen molar-refractivity contribution < 1.29 is 4.74 Å². The van der Waals surface area contributed by atoms with Gasteiger partial charge in [-0.25, -0.2) is 0 Å². The number of hydrogen-bond donors (Lipinski definition) is 1. The first-order valence-corrected chi connectivity index (χ1v) is 6.62. The Bertz CT molecular complexity index is 318. The van der Waals surface area contributed by atoms with Gasteiger partial charge in [-0.3, -0.25) is 0 Å². The Kier molecular flexibility index (Phi) is 6.06. The molecule has 0 radical (unpaired) electrons. The van der Waals surface area contributed by atoms with E-state index in [1.807, 2.05) is 12.1 Å². The molecule has 0 aliphatic rings. The van der Waals surface area contributed by atoms with Crippen LogP contribution in [0.5, 0.6) is 5.75 Å². The molecule has 2 heteroatoms. The van der Waals surface area contributed by atoms with Crippen LogP contribution in [0.3, 0.4) is 0 Å². The molecule has 1 aromatic rings. The van der Waals surface area contributed by atoms with E-state index in [-0.39, 0.29) is 6.04 Å². The van der Waals surface area contributed by atoms with E-state index < -0.39 is 0 Å². The van der Waals surface area contributed by atoms with Crippen LogP contribution >= 0.6 is 0 Å². The zero-order chi connectivity index (χ0) is 12.7. The summed E-state index contributed by atoms with van der Waals surface area (Å²) in [7, 11) is 1.69. The Morgan fingerprint density at radius 2 is 1.82 bits per heavy atom. The first-order valence-electron chi connectivity index (χ1n) is 6.62. The molecule has 2 N–H and O–H groups in total. The molecular formula is C15H25NO. The van der Waals surface area contributed by atoms with Crippen molar-refractivity contribution in [1.82, 2.24) is 0 Å². The summed E-state index contributed by atoms with van der Waals surface area (Å²) in [5.74, 6) is 1.47. The molecule has 1 aromatic carbocycles. The lowest BCUT2D eigenvalue weighted by Gasteiger charge is -2.23. The maximum absolute atomic E-state index is 6.38. The van der Waals surface area contributed by atoms with E-state index >= 15 is 0 Å². The number of rotatable bonds is 7. The van der Waals surface area contributed by atoms with Crippen molar-refractivity contribution in [3.63, 3.8) is 0 Å². The molecular weight excluding hydrogens is 210 g/mol. The summed E-state index contributed by atoms with van der Waals surface area (Å²) in [5, 5.41) is 0. The molecule has 0 heterocycles. The first kappa shape index (κ1) is 14.0. The average Bonchev–Trinajstić information content (AvgIpc) is 2.38. The standard InChI is InChI=1S/C15H25NO/c1-4-7-12(8-5-2)15(16)13-9-6-10-14(11-13)17-3/h6,9-12,15H,4-5,7-8,16H2,1-3H3. The van der Waals surface area contributed by atoms with Crippen molar-refractivity contribution in [1.29, 1.82) is 0 Å². The summed E-state index contributed by atoms with van der Waals surface area (Å²) in [5.41, 5.74) is 7.57. The second-order valence-corrected chi connectivity index (χ2v) is 4.64. The number of ether oxygens (including phenoxy) is 1. The molecule has 2 nitrogen and oxygen atoms in total. The van der Waals surface area contributed by atoms with Gasteiger partial charge in [-0.05, 0) is 36.5 Å². The highest BCUT2D eigenvalue weighted by molar-refractivity contribution is 5.30. The fraction of sp³-hybridized carbons (Fsp3) is 0.600. The predicted molar refractivity (Wildman–Crippen MR) is 73.2 cm³/mol. The number of hydrogen-bond acceptors (Lipinski definition) is 2. The second-order valence-electron chi connectivity index (χ2n) is 4.64. The number of benzene rings is 1. The summed E-state index contributed by atoms with van der Waals surface area (Å²) in [6.07, 6.45) is 4.79. The van der Waals surface area contributed by atoms with E-state index in [1.54, 1.807) is 7.11 Å². The van der Waals surface area contributed by atoms with E-state index in [4.69, 9.17) is 10.5 Å². The maximum Gasteiger partial charge on any atom is 0.119 e. The number of nitrogens with two attached hydrogens (primary N) is 1. The van der Waals surface area contributed by atoms with Crippen LogP contribution in [0.4, 0.5) is 0 Å². The zero-order valence-electron chi connectivity index (χ0n) is 11.3. The molecule has 1 unspecified atom stereocenters. The summed E-state index contributed by atoms with van der Waals surface area (Å²) in [6.45, 7) is 4.45. The van der Waals surface area contributed by atoms with Gasteiger partial charge in [0.05, 0.1) is 7.11 Å². The quantitative estimate of drug-likeness (QED) is 0.777. The summed E-state index contributed by atoms with van der Waals surface area (Å²) in [6, 6.07) is 8.27. The third kappa shape index (κ3) is 4.04. The largest absolute Gasteiger partial charge is 0.497 e. The van der Waals surface area contributed by atoms with E-state index in [2.05, 4.69) is 26.0 Å². The number of methoxy groups -OCH3 is 1. The van der Waals surface area contributed by atoms with Crippen LogP contribution in [-0.2, 0) is 0 Å². The van der Waals surface area contributed by atoms with Crippen LogP contribution in [0.15, 0.2) is 24.3 Å². The smallest absolute Gasteiger partial charge is 0.119 e. The van der Waals surface area contributed by atoms with Crippen molar-refractivity contribution >= 4 is 0 Å². The van der Waals surface area contributed by atoms with E-state index in [9.17, 15) is 0 Å². The lowest BCUT2D eigenvalue weighted by Crippen LogP contribution is -2.21. The molecule has 0 spiro atoms. The molecule has 17 heavy (non-hydrogen) atoms. The van der Waals surface area contributed by atoms with Crippen molar-refractivity contribution in [2.45, 2.75) is 45.6 Å². The van der Waals surface area contributed by atoms with Gasteiger partial charge in [0, 0.05) is 6.04 Å². The van der Waals surface area contributed by atoms with E-state index in [1.165, 1.54) is 31.2 Å².